The standard InChI is InChI=1S/C29H29N3O6S/c1-29(2,3)38-27(35)23-21-13-18(15-32-25(33)19-11-7-8-12-20(19)26(32)34)30-14-22(21)39-24(23)31-28(36)37-16-17-9-5-4-6-10-17/h4-12,18,30H,13-16H2,1-3H3,(H,31,36)/t18-/m0/s1. The smallest absolute Gasteiger partial charge is 0.412 e. The van der Waals surface area contributed by atoms with E-state index in [1.807, 2.05) is 30.3 Å². The molecule has 39 heavy (non-hydrogen) atoms. The molecule has 0 saturated heterocycles. The second-order valence-electron chi connectivity index (χ2n) is 10.4. The number of imide groups is 1. The van der Waals surface area contributed by atoms with Gasteiger partial charge >= 0.3 is 12.1 Å². The highest BCUT2D eigenvalue weighted by molar-refractivity contribution is 7.17. The quantitative estimate of drug-likeness (QED) is 0.338. The highest BCUT2D eigenvalue weighted by atomic mass is 32.1. The van der Waals surface area contributed by atoms with Crippen molar-refractivity contribution in [2.24, 2.45) is 0 Å². The van der Waals surface area contributed by atoms with Gasteiger partial charge < -0.3 is 14.8 Å². The molecule has 10 heteroatoms. The van der Waals surface area contributed by atoms with Crippen molar-refractivity contribution in [1.29, 1.82) is 0 Å². The van der Waals surface area contributed by atoms with Crippen LogP contribution in [0, 0.1) is 0 Å². The summed E-state index contributed by atoms with van der Waals surface area (Å²) < 4.78 is 11.1. The molecule has 0 saturated carbocycles. The van der Waals surface area contributed by atoms with E-state index in [9.17, 15) is 19.2 Å². The summed E-state index contributed by atoms with van der Waals surface area (Å²) in [5, 5.41) is 6.44. The lowest BCUT2D eigenvalue weighted by Gasteiger charge is -2.28. The first-order valence-corrected chi connectivity index (χ1v) is 13.5. The van der Waals surface area contributed by atoms with Gasteiger partial charge in [0.2, 0.25) is 0 Å². The second-order valence-corrected chi connectivity index (χ2v) is 11.6. The van der Waals surface area contributed by atoms with E-state index in [2.05, 4.69) is 10.6 Å². The van der Waals surface area contributed by atoms with Crippen molar-refractivity contribution in [1.82, 2.24) is 10.2 Å². The highest BCUT2D eigenvalue weighted by Gasteiger charge is 2.38. The maximum atomic E-state index is 13.3. The normalized spacial score (nSPS) is 16.5. The van der Waals surface area contributed by atoms with Crippen molar-refractivity contribution < 1.29 is 28.7 Å². The Labute approximate surface area is 230 Å². The zero-order valence-electron chi connectivity index (χ0n) is 21.9. The maximum Gasteiger partial charge on any atom is 0.412 e. The fourth-order valence-corrected chi connectivity index (χ4v) is 5.82. The number of esters is 1. The molecule has 1 aromatic heterocycles. The van der Waals surface area contributed by atoms with Crippen molar-refractivity contribution >= 4 is 40.2 Å². The van der Waals surface area contributed by atoms with Crippen LogP contribution in [0.3, 0.4) is 0 Å². The molecule has 0 radical (unpaired) electrons. The van der Waals surface area contributed by atoms with Gasteiger partial charge in [-0.15, -0.1) is 11.3 Å². The first-order chi connectivity index (χ1) is 18.6. The van der Waals surface area contributed by atoms with Crippen LogP contribution in [0.15, 0.2) is 54.6 Å². The minimum Gasteiger partial charge on any atom is -0.456 e. The summed E-state index contributed by atoms with van der Waals surface area (Å²) >= 11 is 1.28. The van der Waals surface area contributed by atoms with E-state index in [0.717, 1.165) is 16.0 Å². The fraction of sp³-hybridized carbons (Fsp3) is 0.310. The number of carbonyl (C=O) groups excluding carboxylic acids is 4. The molecule has 2 aliphatic heterocycles. The van der Waals surface area contributed by atoms with E-state index >= 15 is 0 Å². The molecule has 3 heterocycles. The fourth-order valence-electron chi connectivity index (χ4n) is 4.67. The van der Waals surface area contributed by atoms with Crippen LogP contribution in [0.4, 0.5) is 9.80 Å². The minimum atomic E-state index is -0.747. The third-order valence-electron chi connectivity index (χ3n) is 6.41. The third kappa shape index (κ3) is 5.71. The molecule has 0 bridgehead atoms. The van der Waals surface area contributed by atoms with Gasteiger partial charge in [0.25, 0.3) is 11.8 Å². The molecule has 2 aromatic carbocycles. The van der Waals surface area contributed by atoms with Gasteiger partial charge in [0, 0.05) is 24.0 Å². The first kappa shape index (κ1) is 26.6. The molecular formula is C29H29N3O6S. The van der Waals surface area contributed by atoms with E-state index in [0.29, 0.717) is 29.1 Å². The van der Waals surface area contributed by atoms with Crippen molar-refractivity contribution in [3.05, 3.63) is 87.3 Å². The number of hydrogen-bond donors (Lipinski definition) is 2. The minimum absolute atomic E-state index is 0.0868. The van der Waals surface area contributed by atoms with Crippen molar-refractivity contribution in [3.8, 4) is 0 Å². The molecule has 5 rings (SSSR count). The highest BCUT2D eigenvalue weighted by Crippen LogP contribution is 2.38. The number of nitrogens with one attached hydrogen (secondary N) is 2. The molecule has 3 amide bonds. The largest absolute Gasteiger partial charge is 0.456 e. The lowest BCUT2D eigenvalue weighted by atomic mass is 9.97. The molecule has 202 valence electrons. The number of ether oxygens (including phenoxy) is 2. The molecule has 2 N–H and O–H groups in total. The molecule has 9 nitrogen and oxygen atoms in total. The van der Waals surface area contributed by atoms with Gasteiger partial charge in [0.15, 0.2) is 0 Å². The molecule has 0 spiro atoms. The number of fused-ring (bicyclic) bond motifs is 2. The van der Waals surface area contributed by atoms with Gasteiger partial charge in [-0.1, -0.05) is 42.5 Å². The second kappa shape index (κ2) is 10.6. The summed E-state index contributed by atoms with van der Waals surface area (Å²) in [6.07, 6.45) is -0.313. The number of nitrogens with zero attached hydrogens (tertiary/aromatic N) is 1. The number of anilines is 1. The van der Waals surface area contributed by atoms with Crippen molar-refractivity contribution in [2.75, 3.05) is 11.9 Å². The number of carbonyl (C=O) groups is 4. The SMILES string of the molecule is CC(C)(C)OC(=O)c1c(NC(=O)OCc2ccccc2)sc2c1C[C@@H](CN1C(=O)c3ccccc3C1=O)NC2. The Bertz CT molecular complexity index is 1410. The lowest BCUT2D eigenvalue weighted by molar-refractivity contribution is 0.00691. The van der Waals surface area contributed by atoms with Gasteiger partial charge in [-0.2, -0.15) is 0 Å². The average Bonchev–Trinajstić information content (AvgIpc) is 3.37. The number of hydrogen-bond acceptors (Lipinski definition) is 8. The number of benzene rings is 2. The summed E-state index contributed by atoms with van der Waals surface area (Å²) in [4.78, 5) is 53.9. The number of amides is 3. The molecule has 0 unspecified atom stereocenters. The molecular weight excluding hydrogens is 518 g/mol. The van der Waals surface area contributed by atoms with Crippen molar-refractivity contribution in [3.63, 3.8) is 0 Å². The Kier molecular flexibility index (Phi) is 7.24. The van der Waals surface area contributed by atoms with E-state index < -0.39 is 17.7 Å². The molecule has 0 aliphatic carbocycles. The van der Waals surface area contributed by atoms with Crippen LogP contribution in [0.2, 0.25) is 0 Å². The third-order valence-corrected chi connectivity index (χ3v) is 7.55. The van der Waals surface area contributed by atoms with Crippen LogP contribution >= 0.6 is 11.3 Å². The Balaban J connectivity index is 1.35. The number of rotatable bonds is 6. The van der Waals surface area contributed by atoms with Crippen LogP contribution < -0.4 is 10.6 Å². The van der Waals surface area contributed by atoms with Crippen molar-refractivity contribution in [2.45, 2.75) is 52.0 Å². The van der Waals surface area contributed by atoms with E-state index in [1.54, 1.807) is 45.0 Å². The topological polar surface area (TPSA) is 114 Å². The maximum absolute atomic E-state index is 13.3. The monoisotopic (exact) mass is 547 g/mol. The van der Waals surface area contributed by atoms with Crippen LogP contribution in [-0.4, -0.2) is 47.0 Å². The molecule has 2 aliphatic rings. The summed E-state index contributed by atoms with van der Waals surface area (Å²) in [7, 11) is 0. The van der Waals surface area contributed by atoms with E-state index in [-0.39, 0.29) is 36.6 Å². The van der Waals surface area contributed by atoms with E-state index in [1.165, 1.54) is 16.2 Å². The predicted octanol–water partition coefficient (Wildman–Crippen LogP) is 4.76. The average molecular weight is 548 g/mol. The van der Waals surface area contributed by atoms with Gasteiger partial charge in [0.1, 0.15) is 17.2 Å². The van der Waals surface area contributed by atoms with E-state index in [4.69, 9.17) is 9.47 Å². The Morgan fingerprint density at radius 1 is 1.03 bits per heavy atom. The zero-order chi connectivity index (χ0) is 27.7. The Morgan fingerprint density at radius 3 is 2.31 bits per heavy atom. The summed E-state index contributed by atoms with van der Waals surface area (Å²) in [5.41, 5.74) is 1.88. The van der Waals surface area contributed by atoms with Gasteiger partial charge in [-0.3, -0.25) is 19.8 Å². The Morgan fingerprint density at radius 2 is 1.67 bits per heavy atom. The van der Waals surface area contributed by atoms with Gasteiger partial charge in [0.05, 0.1) is 16.7 Å². The lowest BCUT2D eigenvalue weighted by Crippen LogP contribution is -2.46. The van der Waals surface area contributed by atoms with Gasteiger partial charge in [-0.05, 0) is 50.5 Å². The van der Waals surface area contributed by atoms with Crippen LogP contribution in [-0.2, 0) is 29.0 Å². The van der Waals surface area contributed by atoms with Crippen LogP contribution in [0.25, 0.3) is 0 Å². The predicted molar refractivity (Wildman–Crippen MR) is 146 cm³/mol. The zero-order valence-corrected chi connectivity index (χ0v) is 22.7. The van der Waals surface area contributed by atoms with Gasteiger partial charge in [-0.25, -0.2) is 9.59 Å². The molecule has 1 atom stereocenters. The molecule has 3 aromatic rings. The summed E-state index contributed by atoms with van der Waals surface area (Å²) in [6.45, 7) is 5.97. The first-order valence-electron chi connectivity index (χ1n) is 12.6. The summed E-state index contributed by atoms with van der Waals surface area (Å²) in [5.74, 6) is -1.21. The number of thiophene rings is 1. The van der Waals surface area contributed by atoms with Crippen LogP contribution in [0.1, 0.15) is 67.8 Å². The van der Waals surface area contributed by atoms with Crippen LogP contribution in [0.5, 0.6) is 0 Å². The Hall–Kier alpha value is -4.02. The summed E-state index contributed by atoms with van der Waals surface area (Å²) in [6, 6.07) is 15.8. The molecule has 0 fully saturated rings.